The molecule has 0 aromatic heterocycles. The predicted octanol–water partition coefficient (Wildman–Crippen LogP) is 2.27. The Morgan fingerprint density at radius 3 is 2.93 bits per heavy atom. The van der Waals surface area contributed by atoms with Crippen molar-refractivity contribution in [2.75, 3.05) is 0 Å². The summed E-state index contributed by atoms with van der Waals surface area (Å²) in [7, 11) is 0. The highest BCUT2D eigenvalue weighted by Crippen LogP contribution is 2.28. The van der Waals surface area contributed by atoms with Crippen LogP contribution in [-0.4, -0.2) is 6.29 Å². The van der Waals surface area contributed by atoms with E-state index in [4.69, 9.17) is 5.26 Å². The number of aldehydes is 1. The van der Waals surface area contributed by atoms with Crippen LogP contribution in [0.25, 0.3) is 6.08 Å². The molecular weight excluding hydrogens is 174 g/mol. The van der Waals surface area contributed by atoms with E-state index in [2.05, 4.69) is 6.07 Å². The van der Waals surface area contributed by atoms with E-state index in [0.29, 0.717) is 12.0 Å². The van der Waals surface area contributed by atoms with Crippen molar-refractivity contribution in [3.8, 4) is 6.07 Å². The summed E-state index contributed by atoms with van der Waals surface area (Å²) < 4.78 is 0. The van der Waals surface area contributed by atoms with E-state index in [9.17, 15) is 4.79 Å². The van der Waals surface area contributed by atoms with Crippen molar-refractivity contribution in [3.63, 3.8) is 0 Å². The Hall–Kier alpha value is -1.88. The van der Waals surface area contributed by atoms with E-state index in [0.717, 1.165) is 28.5 Å². The molecule has 0 radical (unpaired) electrons. The molecule has 2 nitrogen and oxygen atoms in total. The van der Waals surface area contributed by atoms with Crippen LogP contribution < -0.4 is 0 Å². The normalized spacial score (nSPS) is 13.0. The lowest BCUT2D eigenvalue weighted by atomic mass is 10.00. The van der Waals surface area contributed by atoms with Gasteiger partial charge < -0.3 is 0 Å². The van der Waals surface area contributed by atoms with Gasteiger partial charge in [0.25, 0.3) is 0 Å². The van der Waals surface area contributed by atoms with E-state index < -0.39 is 0 Å². The second kappa shape index (κ2) is 3.12. The molecule has 0 saturated carbocycles. The zero-order valence-corrected chi connectivity index (χ0v) is 7.87. The van der Waals surface area contributed by atoms with Gasteiger partial charge in [0.05, 0.1) is 6.07 Å². The van der Waals surface area contributed by atoms with Crippen LogP contribution in [0.3, 0.4) is 0 Å². The van der Waals surface area contributed by atoms with Gasteiger partial charge in [0.2, 0.25) is 0 Å². The van der Waals surface area contributed by atoms with E-state index in [1.807, 2.05) is 25.1 Å². The van der Waals surface area contributed by atoms with Gasteiger partial charge in [-0.05, 0) is 29.7 Å². The molecule has 1 aliphatic rings. The summed E-state index contributed by atoms with van der Waals surface area (Å²) >= 11 is 0. The van der Waals surface area contributed by atoms with Crippen molar-refractivity contribution in [2.45, 2.75) is 13.3 Å². The third-order valence-corrected chi connectivity index (χ3v) is 2.62. The Bertz CT molecular complexity index is 478. The molecule has 2 rings (SSSR count). The summed E-state index contributed by atoms with van der Waals surface area (Å²) in [5.41, 5.74) is 4.64. The van der Waals surface area contributed by atoms with Gasteiger partial charge >= 0.3 is 0 Å². The Balaban J connectivity index is 2.61. The molecule has 0 fully saturated rings. The summed E-state index contributed by atoms with van der Waals surface area (Å²) in [4.78, 5) is 10.7. The van der Waals surface area contributed by atoms with Crippen LogP contribution in [-0.2, 0) is 6.42 Å². The van der Waals surface area contributed by atoms with Crippen molar-refractivity contribution in [2.24, 2.45) is 0 Å². The number of nitrogens with zero attached hydrogens (tertiary/aromatic N) is 1. The SMILES string of the molecule is Cc1c(C=O)ccc2c1C=C(C#N)C2. The largest absolute Gasteiger partial charge is 0.298 e. The van der Waals surface area contributed by atoms with E-state index in [1.165, 1.54) is 0 Å². The fourth-order valence-electron chi connectivity index (χ4n) is 1.79. The monoisotopic (exact) mass is 183 g/mol. The standard InChI is InChI=1S/C12H9NO/c1-8-11(7-14)3-2-10-4-9(6-13)5-12(8)10/h2-3,5,7H,4H2,1H3. The second-order valence-electron chi connectivity index (χ2n) is 3.43. The third-order valence-electron chi connectivity index (χ3n) is 2.62. The van der Waals surface area contributed by atoms with E-state index in [1.54, 1.807) is 0 Å². The van der Waals surface area contributed by atoms with Crippen LogP contribution in [0.5, 0.6) is 0 Å². The topological polar surface area (TPSA) is 40.9 Å². The van der Waals surface area contributed by atoms with Crippen LogP contribution in [0.4, 0.5) is 0 Å². The molecule has 0 unspecified atom stereocenters. The average Bonchev–Trinajstić information content (AvgIpc) is 2.62. The Morgan fingerprint density at radius 2 is 2.29 bits per heavy atom. The minimum atomic E-state index is 0.700. The average molecular weight is 183 g/mol. The van der Waals surface area contributed by atoms with Crippen molar-refractivity contribution < 1.29 is 4.79 Å². The third kappa shape index (κ3) is 1.14. The lowest BCUT2D eigenvalue weighted by Crippen LogP contribution is -1.92. The van der Waals surface area contributed by atoms with Crippen LogP contribution in [0, 0.1) is 18.3 Å². The first-order valence-electron chi connectivity index (χ1n) is 4.44. The van der Waals surface area contributed by atoms with Crippen molar-refractivity contribution in [3.05, 3.63) is 40.0 Å². The van der Waals surface area contributed by atoms with Gasteiger partial charge in [-0.2, -0.15) is 5.26 Å². The molecule has 0 heterocycles. The molecule has 0 spiro atoms. The van der Waals surface area contributed by atoms with Crippen LogP contribution in [0.1, 0.15) is 27.0 Å². The molecular formula is C12H9NO. The molecule has 1 aliphatic carbocycles. The Kier molecular flexibility index (Phi) is 1.94. The smallest absolute Gasteiger partial charge is 0.150 e. The summed E-state index contributed by atoms with van der Waals surface area (Å²) in [5.74, 6) is 0. The van der Waals surface area contributed by atoms with Crippen molar-refractivity contribution >= 4 is 12.4 Å². The van der Waals surface area contributed by atoms with Crippen LogP contribution in [0.2, 0.25) is 0 Å². The molecule has 0 aliphatic heterocycles. The molecule has 0 bridgehead atoms. The quantitative estimate of drug-likeness (QED) is 0.626. The Labute approximate surface area is 82.5 Å². The number of rotatable bonds is 1. The molecule has 0 amide bonds. The number of carbonyl (C=O) groups is 1. The molecule has 0 saturated heterocycles. The number of fused-ring (bicyclic) bond motifs is 1. The summed E-state index contributed by atoms with van der Waals surface area (Å²) in [6.07, 6.45) is 3.43. The molecule has 68 valence electrons. The van der Waals surface area contributed by atoms with Gasteiger partial charge in [-0.15, -0.1) is 0 Å². The molecule has 2 heteroatoms. The molecule has 14 heavy (non-hydrogen) atoms. The summed E-state index contributed by atoms with van der Waals surface area (Å²) in [6, 6.07) is 5.89. The highest BCUT2D eigenvalue weighted by molar-refractivity contribution is 5.82. The number of hydrogen-bond donors (Lipinski definition) is 0. The number of allylic oxidation sites excluding steroid dienone is 1. The summed E-state index contributed by atoms with van der Waals surface area (Å²) in [5, 5.41) is 8.77. The maximum absolute atomic E-state index is 10.7. The van der Waals surface area contributed by atoms with E-state index >= 15 is 0 Å². The highest BCUT2D eigenvalue weighted by atomic mass is 16.1. The highest BCUT2D eigenvalue weighted by Gasteiger charge is 2.15. The fraction of sp³-hybridized carbons (Fsp3) is 0.167. The predicted molar refractivity (Wildman–Crippen MR) is 53.9 cm³/mol. The van der Waals surface area contributed by atoms with Crippen LogP contribution in [0.15, 0.2) is 17.7 Å². The van der Waals surface area contributed by atoms with Crippen LogP contribution >= 0.6 is 0 Å². The van der Waals surface area contributed by atoms with Gasteiger partial charge in [0.1, 0.15) is 6.29 Å². The first kappa shape index (κ1) is 8.71. The molecule has 1 aromatic rings. The van der Waals surface area contributed by atoms with Gasteiger partial charge in [-0.3, -0.25) is 4.79 Å². The van der Waals surface area contributed by atoms with Crippen molar-refractivity contribution in [1.29, 1.82) is 5.26 Å². The van der Waals surface area contributed by atoms with Gasteiger partial charge in [-0.25, -0.2) is 0 Å². The summed E-state index contributed by atoms with van der Waals surface area (Å²) in [6.45, 7) is 1.92. The first-order chi connectivity index (χ1) is 6.76. The fourth-order valence-corrected chi connectivity index (χ4v) is 1.79. The van der Waals surface area contributed by atoms with Gasteiger partial charge in [0, 0.05) is 17.6 Å². The zero-order chi connectivity index (χ0) is 10.1. The van der Waals surface area contributed by atoms with E-state index in [-0.39, 0.29) is 0 Å². The molecule has 0 atom stereocenters. The minimum absolute atomic E-state index is 0.700. The maximum atomic E-state index is 10.7. The molecule has 0 N–H and O–H groups in total. The maximum Gasteiger partial charge on any atom is 0.150 e. The number of nitriles is 1. The second-order valence-corrected chi connectivity index (χ2v) is 3.43. The first-order valence-corrected chi connectivity index (χ1v) is 4.44. The van der Waals surface area contributed by atoms with Crippen molar-refractivity contribution in [1.82, 2.24) is 0 Å². The minimum Gasteiger partial charge on any atom is -0.298 e. The van der Waals surface area contributed by atoms with Gasteiger partial charge in [0.15, 0.2) is 0 Å². The van der Waals surface area contributed by atoms with Gasteiger partial charge in [-0.1, -0.05) is 12.1 Å². The lowest BCUT2D eigenvalue weighted by Gasteiger charge is -2.04. The number of benzene rings is 1. The molecule has 1 aromatic carbocycles. The number of hydrogen-bond acceptors (Lipinski definition) is 2. The Morgan fingerprint density at radius 1 is 1.50 bits per heavy atom. The number of carbonyl (C=O) groups excluding carboxylic acids is 1. The zero-order valence-electron chi connectivity index (χ0n) is 7.87. The lowest BCUT2D eigenvalue weighted by molar-refractivity contribution is 0.112.